The second kappa shape index (κ2) is 16.2. The molecule has 7 aromatic carbocycles. The van der Waals surface area contributed by atoms with E-state index in [0.717, 1.165) is 43.8 Å². The van der Waals surface area contributed by atoms with Gasteiger partial charge in [-0.05, 0) is 52.1 Å². The second-order valence-electron chi connectivity index (χ2n) is 11.7. The van der Waals surface area contributed by atoms with Gasteiger partial charge in [0.15, 0.2) is 0 Å². The molecule has 0 aliphatic rings. The predicted molar refractivity (Wildman–Crippen MR) is 204 cm³/mol. The largest absolute Gasteiger partial charge is 0.492 e. The van der Waals surface area contributed by atoms with E-state index in [0.29, 0.717) is 26.7 Å². The monoisotopic (exact) mass is 1150 g/mol. The molecule has 2 N–H and O–H groups in total. The molecule has 4 nitrogen and oxygen atoms in total. The van der Waals surface area contributed by atoms with Crippen LogP contribution in [0, 0.1) is 62.2 Å². The van der Waals surface area contributed by atoms with Crippen LogP contribution in [-0.2, 0) is 0 Å². The molecular formula is C42H27BCl2O4U2. The van der Waals surface area contributed by atoms with E-state index in [1.807, 2.05) is 30.3 Å². The summed E-state index contributed by atoms with van der Waals surface area (Å²) >= 11 is 12.6. The summed E-state index contributed by atoms with van der Waals surface area (Å²) < 4.78 is 11.8. The van der Waals surface area contributed by atoms with E-state index in [9.17, 15) is 10.0 Å². The molecule has 0 saturated carbocycles. The van der Waals surface area contributed by atoms with Gasteiger partial charge in [0.2, 0.25) is 0 Å². The molecule has 9 heteroatoms. The first-order chi connectivity index (χ1) is 24.0. The molecule has 0 spiro atoms. The third-order valence-corrected chi connectivity index (χ3v) is 9.40. The Hall–Kier alpha value is -3.19. The Morgan fingerprint density at radius 2 is 0.843 bits per heavy atom. The zero-order chi connectivity index (χ0) is 33.5. The summed E-state index contributed by atoms with van der Waals surface area (Å²) in [5.74, 6) is 0. The maximum Gasteiger partial charge on any atom is 0.492 e. The molecule has 0 radical (unpaired) electrons. The Balaban J connectivity index is 0.000000200. The number of hydrogen-bond donors (Lipinski definition) is 2. The minimum absolute atomic E-state index is 0. The van der Waals surface area contributed by atoms with Gasteiger partial charge in [0, 0.05) is 94.8 Å². The molecule has 0 aliphatic carbocycles. The molecule has 0 atom stereocenters. The Labute approximate surface area is 352 Å². The van der Waals surface area contributed by atoms with E-state index in [4.69, 9.17) is 32.0 Å². The minimum atomic E-state index is -1.56. The molecule has 0 bridgehead atoms. The van der Waals surface area contributed by atoms with Crippen molar-refractivity contribution in [3.8, 4) is 33.4 Å². The predicted octanol–water partition coefficient (Wildman–Crippen LogP) is 11.2. The fraction of sp³-hybridized carbons (Fsp3) is 0. The molecule has 2 heterocycles. The number of benzene rings is 7. The standard InChI is InChI=1S/C30H19ClO.C12H8BClO3.2U/c31-27-10-5-11-28-29(27)26-9-4-8-25(30(26)32-28)24-18-16-23(17-19-24)22-14-12-21(13-15-22)20-6-2-1-3-7-20;14-9-5-2-6-10-11(9)7-3-1-4-8(13(15)16)12(7)17-10;;/h1-19H;1-6,15-16H;;. The van der Waals surface area contributed by atoms with Crippen LogP contribution in [0.1, 0.15) is 0 Å². The Morgan fingerprint density at radius 1 is 0.412 bits per heavy atom. The van der Waals surface area contributed by atoms with Gasteiger partial charge >= 0.3 is 7.12 Å². The average molecular weight is 1150 g/mol. The number of halogens is 2. The van der Waals surface area contributed by atoms with Gasteiger partial charge in [0.25, 0.3) is 0 Å². The quantitative estimate of drug-likeness (QED) is 0.172. The van der Waals surface area contributed by atoms with E-state index < -0.39 is 7.12 Å². The van der Waals surface area contributed by atoms with Crippen molar-refractivity contribution in [1.82, 2.24) is 0 Å². The first kappa shape index (κ1) is 37.6. The molecule has 0 amide bonds. The van der Waals surface area contributed by atoms with Crippen molar-refractivity contribution >= 4 is 79.7 Å². The van der Waals surface area contributed by atoms with E-state index in [2.05, 4.69) is 91.0 Å². The van der Waals surface area contributed by atoms with Crippen LogP contribution < -0.4 is 5.46 Å². The van der Waals surface area contributed by atoms with Crippen molar-refractivity contribution in [3.63, 3.8) is 0 Å². The topological polar surface area (TPSA) is 66.7 Å². The van der Waals surface area contributed by atoms with Crippen molar-refractivity contribution in [2.45, 2.75) is 0 Å². The summed E-state index contributed by atoms with van der Waals surface area (Å²) in [6, 6.07) is 50.4. The van der Waals surface area contributed by atoms with E-state index in [1.54, 1.807) is 30.3 Å². The normalized spacial score (nSPS) is 10.8. The van der Waals surface area contributed by atoms with Gasteiger partial charge < -0.3 is 18.9 Å². The van der Waals surface area contributed by atoms with Crippen molar-refractivity contribution in [3.05, 3.63) is 162 Å². The summed E-state index contributed by atoms with van der Waals surface area (Å²) in [6.07, 6.45) is 0. The molecule has 2 aromatic heterocycles. The molecule has 9 rings (SSSR count). The zero-order valence-corrected chi connectivity index (χ0v) is 36.8. The first-order valence-electron chi connectivity index (χ1n) is 15.8. The number of para-hydroxylation sites is 2. The summed E-state index contributed by atoms with van der Waals surface area (Å²) in [4.78, 5) is 0. The summed E-state index contributed by atoms with van der Waals surface area (Å²) in [5, 5.41) is 23.5. The fourth-order valence-corrected chi connectivity index (χ4v) is 6.92. The molecular weight excluding hydrogens is 1130 g/mol. The van der Waals surface area contributed by atoms with Gasteiger partial charge in [-0.1, -0.05) is 151 Å². The second-order valence-corrected chi connectivity index (χ2v) is 12.5. The van der Waals surface area contributed by atoms with Crippen LogP contribution in [0.2, 0.25) is 10.0 Å². The summed E-state index contributed by atoms with van der Waals surface area (Å²) in [7, 11) is -1.56. The molecule has 244 valence electrons. The molecule has 9 aromatic rings. The molecule has 0 unspecified atom stereocenters. The number of rotatable bonds is 4. The smallest absolute Gasteiger partial charge is 0.456 e. The van der Waals surface area contributed by atoms with Gasteiger partial charge in [0.05, 0.1) is 10.0 Å². The van der Waals surface area contributed by atoms with Crippen molar-refractivity contribution in [2.24, 2.45) is 0 Å². The SMILES string of the molecule is Clc1cccc2oc3c(-c4ccc(-c5ccc(-c6ccccc6)cc5)cc4)cccc3c12.OB(O)c1cccc2c1oc1cccc(Cl)c12.[U].[U]. The van der Waals surface area contributed by atoms with Crippen LogP contribution >= 0.6 is 23.2 Å². The van der Waals surface area contributed by atoms with E-state index >= 15 is 0 Å². The van der Waals surface area contributed by atoms with Gasteiger partial charge in [-0.25, -0.2) is 0 Å². The molecule has 51 heavy (non-hydrogen) atoms. The maximum absolute atomic E-state index is 9.28. The zero-order valence-electron chi connectivity index (χ0n) is 27.0. The van der Waals surface area contributed by atoms with Crippen molar-refractivity contribution in [2.75, 3.05) is 0 Å². The first-order valence-corrected chi connectivity index (χ1v) is 16.5. The van der Waals surface area contributed by atoms with Crippen LogP contribution in [-0.4, -0.2) is 17.2 Å². The van der Waals surface area contributed by atoms with Crippen LogP contribution in [0.25, 0.3) is 77.3 Å². The van der Waals surface area contributed by atoms with E-state index in [1.165, 1.54) is 22.3 Å². The summed E-state index contributed by atoms with van der Waals surface area (Å²) in [6.45, 7) is 0. The molecule has 0 fully saturated rings. The van der Waals surface area contributed by atoms with E-state index in [-0.39, 0.29) is 62.2 Å². The Morgan fingerprint density at radius 3 is 1.37 bits per heavy atom. The van der Waals surface area contributed by atoms with Crippen LogP contribution in [0.15, 0.2) is 160 Å². The van der Waals surface area contributed by atoms with Gasteiger partial charge in [-0.2, -0.15) is 0 Å². The number of furan rings is 2. The van der Waals surface area contributed by atoms with Gasteiger partial charge in [-0.15, -0.1) is 0 Å². The maximum atomic E-state index is 9.28. The third kappa shape index (κ3) is 7.39. The number of fused-ring (bicyclic) bond motifs is 6. The van der Waals surface area contributed by atoms with Crippen molar-refractivity contribution < 1.29 is 81.1 Å². The van der Waals surface area contributed by atoms with Crippen LogP contribution in [0.5, 0.6) is 0 Å². The van der Waals surface area contributed by atoms with Crippen LogP contribution in [0.3, 0.4) is 0 Å². The summed E-state index contributed by atoms with van der Waals surface area (Å²) in [5.41, 5.74) is 10.2. The molecule has 0 aliphatic heterocycles. The van der Waals surface area contributed by atoms with Crippen molar-refractivity contribution in [1.29, 1.82) is 0 Å². The van der Waals surface area contributed by atoms with Gasteiger partial charge in [0.1, 0.15) is 22.3 Å². The Kier molecular flexibility index (Phi) is 11.9. The van der Waals surface area contributed by atoms with Crippen LogP contribution in [0.4, 0.5) is 0 Å². The minimum Gasteiger partial charge on any atom is -0.456 e. The molecule has 0 saturated heterocycles. The van der Waals surface area contributed by atoms with Gasteiger partial charge in [-0.3, -0.25) is 0 Å². The average Bonchev–Trinajstić information content (AvgIpc) is 3.72. The number of hydrogen-bond acceptors (Lipinski definition) is 4. The Bertz CT molecular complexity index is 2600. The third-order valence-electron chi connectivity index (χ3n) is 8.77. The fourth-order valence-electron chi connectivity index (χ4n) is 6.39.